The topological polar surface area (TPSA) is 224 Å². The van der Waals surface area contributed by atoms with Gasteiger partial charge in [-0.1, -0.05) is 32.0 Å². The van der Waals surface area contributed by atoms with Crippen LogP contribution in [0.25, 0.3) is 10.9 Å². The van der Waals surface area contributed by atoms with Gasteiger partial charge in [-0.15, -0.1) is 0 Å². The molecule has 0 bridgehead atoms. The Hall–Kier alpha value is -3.97. The maximum atomic E-state index is 12.7. The second-order valence-corrected chi connectivity index (χ2v) is 9.10. The highest BCUT2D eigenvalue weighted by molar-refractivity contribution is 5.96. The number of aliphatic hydroxyl groups excluding tert-OH is 1. The first-order valence-electron chi connectivity index (χ1n) is 11.7. The Morgan fingerprint density at radius 2 is 1.51 bits per heavy atom. The zero-order chi connectivity index (χ0) is 27.7. The van der Waals surface area contributed by atoms with Crippen LogP contribution in [0.5, 0.6) is 0 Å². The van der Waals surface area contributed by atoms with E-state index >= 15 is 0 Å². The number of carbonyl (C=O) groups is 5. The molecule has 4 atom stereocenters. The number of carbonyl (C=O) groups excluding carboxylic acids is 3. The van der Waals surface area contributed by atoms with Crippen LogP contribution in [-0.2, 0) is 30.4 Å². The van der Waals surface area contributed by atoms with E-state index in [0.717, 1.165) is 10.9 Å². The SMILES string of the molecule is CC(C)CC(N)C(=O)NC(CC(=O)O)C(=O)NC(CO)C(=O)NC(Cc1c[nH]c2ccccc12)C(=O)O. The number of carboxylic acids is 2. The van der Waals surface area contributed by atoms with E-state index in [4.69, 9.17) is 10.8 Å². The van der Waals surface area contributed by atoms with Crippen molar-refractivity contribution in [3.63, 3.8) is 0 Å². The Morgan fingerprint density at radius 3 is 2.11 bits per heavy atom. The van der Waals surface area contributed by atoms with Gasteiger partial charge in [-0.3, -0.25) is 19.2 Å². The van der Waals surface area contributed by atoms with Gasteiger partial charge in [0.1, 0.15) is 18.1 Å². The molecule has 0 spiro atoms. The van der Waals surface area contributed by atoms with Gasteiger partial charge in [0.15, 0.2) is 0 Å². The third kappa shape index (κ3) is 8.58. The third-order valence-electron chi connectivity index (χ3n) is 5.60. The summed E-state index contributed by atoms with van der Waals surface area (Å²) in [5.41, 5.74) is 7.21. The van der Waals surface area contributed by atoms with Crippen molar-refractivity contribution in [2.75, 3.05) is 6.61 Å². The maximum Gasteiger partial charge on any atom is 0.326 e. The van der Waals surface area contributed by atoms with E-state index < -0.39 is 66.9 Å². The number of amides is 3. The highest BCUT2D eigenvalue weighted by Gasteiger charge is 2.31. The molecule has 0 radical (unpaired) electrons. The third-order valence-corrected chi connectivity index (χ3v) is 5.60. The molecule has 2 rings (SSSR count). The predicted octanol–water partition coefficient (Wildman–Crippen LogP) is -0.910. The second kappa shape index (κ2) is 13.4. The van der Waals surface area contributed by atoms with E-state index in [2.05, 4.69) is 20.9 Å². The number of nitrogens with one attached hydrogen (secondary N) is 4. The van der Waals surface area contributed by atoms with Crippen LogP contribution in [0.15, 0.2) is 30.5 Å². The van der Waals surface area contributed by atoms with Crippen LogP contribution in [0.2, 0.25) is 0 Å². The summed E-state index contributed by atoms with van der Waals surface area (Å²) in [6.45, 7) is 2.77. The van der Waals surface area contributed by atoms with Crippen molar-refractivity contribution in [1.29, 1.82) is 0 Å². The van der Waals surface area contributed by atoms with Gasteiger partial charge in [-0.2, -0.15) is 0 Å². The molecule has 0 aliphatic heterocycles. The number of nitrogens with two attached hydrogens (primary N) is 1. The number of carboxylic acid groups (broad SMARTS) is 2. The van der Waals surface area contributed by atoms with Crippen molar-refractivity contribution < 1.29 is 39.3 Å². The van der Waals surface area contributed by atoms with Crippen LogP contribution < -0.4 is 21.7 Å². The molecule has 1 heterocycles. The van der Waals surface area contributed by atoms with Gasteiger partial charge in [-0.25, -0.2) is 4.79 Å². The highest BCUT2D eigenvalue weighted by atomic mass is 16.4. The molecular weight excluding hydrogens is 486 g/mol. The number of aromatic nitrogens is 1. The van der Waals surface area contributed by atoms with E-state index in [1.807, 2.05) is 26.0 Å². The van der Waals surface area contributed by atoms with E-state index in [1.54, 1.807) is 18.3 Å². The number of hydrogen-bond acceptors (Lipinski definition) is 7. The summed E-state index contributed by atoms with van der Waals surface area (Å²) < 4.78 is 0. The van der Waals surface area contributed by atoms with Gasteiger partial charge in [0.25, 0.3) is 0 Å². The first-order chi connectivity index (χ1) is 17.4. The number of H-pyrrole nitrogens is 1. The molecule has 37 heavy (non-hydrogen) atoms. The van der Waals surface area contributed by atoms with E-state index in [9.17, 15) is 34.2 Å². The molecule has 1 aromatic carbocycles. The zero-order valence-corrected chi connectivity index (χ0v) is 20.6. The Kier molecular flexibility index (Phi) is 10.6. The fraction of sp³-hybridized carbons (Fsp3) is 0.458. The lowest BCUT2D eigenvalue weighted by molar-refractivity contribution is -0.143. The molecule has 0 saturated heterocycles. The largest absolute Gasteiger partial charge is 0.481 e. The lowest BCUT2D eigenvalue weighted by Crippen LogP contribution is -2.58. The first-order valence-corrected chi connectivity index (χ1v) is 11.7. The normalized spacial score (nSPS) is 14.4. The summed E-state index contributed by atoms with van der Waals surface area (Å²) in [4.78, 5) is 63.8. The molecular formula is C24H33N5O8. The summed E-state index contributed by atoms with van der Waals surface area (Å²) in [6.07, 6.45) is 1.04. The minimum atomic E-state index is -1.60. The molecule has 1 aromatic heterocycles. The van der Waals surface area contributed by atoms with Crippen LogP contribution >= 0.6 is 0 Å². The standard InChI is InChI=1S/C24H33N5O8/c1-12(2)7-15(25)21(33)27-17(9-20(31)32)22(34)29-19(11-30)23(35)28-18(24(36)37)8-13-10-26-16-6-4-3-5-14(13)16/h3-6,10,12,15,17-19,26,30H,7-9,11,25H2,1-2H3,(H,27,33)(H,28,35)(H,29,34)(H,31,32)(H,36,37). The molecule has 3 amide bonds. The lowest BCUT2D eigenvalue weighted by atomic mass is 10.0. The van der Waals surface area contributed by atoms with Crippen LogP contribution in [0.1, 0.15) is 32.3 Å². The van der Waals surface area contributed by atoms with Crippen LogP contribution in [-0.4, -0.2) is 80.7 Å². The van der Waals surface area contributed by atoms with E-state index in [1.165, 1.54) is 0 Å². The Labute approximate surface area is 212 Å². The van der Waals surface area contributed by atoms with Gasteiger partial charge >= 0.3 is 11.9 Å². The number of aliphatic carboxylic acids is 2. The molecule has 2 aromatic rings. The van der Waals surface area contributed by atoms with Gasteiger partial charge in [0.2, 0.25) is 17.7 Å². The fourth-order valence-electron chi connectivity index (χ4n) is 3.74. The Morgan fingerprint density at radius 1 is 0.919 bits per heavy atom. The smallest absolute Gasteiger partial charge is 0.326 e. The molecule has 13 heteroatoms. The number of benzene rings is 1. The van der Waals surface area contributed by atoms with Gasteiger partial charge in [-0.05, 0) is 24.0 Å². The molecule has 0 fully saturated rings. The first kappa shape index (κ1) is 29.3. The van der Waals surface area contributed by atoms with Crippen LogP contribution in [0.3, 0.4) is 0 Å². The molecule has 13 nitrogen and oxygen atoms in total. The van der Waals surface area contributed by atoms with Crippen LogP contribution in [0.4, 0.5) is 0 Å². The maximum absolute atomic E-state index is 12.7. The molecule has 0 aliphatic carbocycles. The summed E-state index contributed by atoms with van der Waals surface area (Å²) in [5.74, 6) is -5.46. The van der Waals surface area contributed by atoms with Crippen molar-refractivity contribution >= 4 is 40.6 Å². The monoisotopic (exact) mass is 519 g/mol. The number of rotatable bonds is 14. The molecule has 9 N–H and O–H groups in total. The minimum Gasteiger partial charge on any atom is -0.481 e. The summed E-state index contributed by atoms with van der Waals surface area (Å²) >= 11 is 0. The number of hydrogen-bond donors (Lipinski definition) is 8. The number of para-hydroxylation sites is 1. The number of aromatic amines is 1. The average Bonchev–Trinajstić information content (AvgIpc) is 3.23. The Balaban J connectivity index is 2.09. The summed E-state index contributed by atoms with van der Waals surface area (Å²) in [7, 11) is 0. The van der Waals surface area contributed by atoms with Crippen molar-refractivity contribution in [1.82, 2.24) is 20.9 Å². The fourth-order valence-corrected chi connectivity index (χ4v) is 3.74. The van der Waals surface area contributed by atoms with Gasteiger partial charge in [0.05, 0.1) is 19.1 Å². The van der Waals surface area contributed by atoms with Gasteiger partial charge in [0, 0.05) is 23.5 Å². The highest BCUT2D eigenvalue weighted by Crippen LogP contribution is 2.19. The quantitative estimate of drug-likeness (QED) is 0.154. The van der Waals surface area contributed by atoms with Crippen molar-refractivity contribution in [3.8, 4) is 0 Å². The summed E-state index contributed by atoms with van der Waals surface area (Å²) in [6, 6.07) is 1.65. The van der Waals surface area contributed by atoms with Gasteiger partial charge < -0.3 is 42.0 Å². The van der Waals surface area contributed by atoms with Crippen molar-refractivity contribution in [3.05, 3.63) is 36.0 Å². The second-order valence-electron chi connectivity index (χ2n) is 9.10. The van der Waals surface area contributed by atoms with E-state index in [0.29, 0.717) is 12.0 Å². The summed E-state index contributed by atoms with van der Waals surface area (Å²) in [5, 5.41) is 35.9. The zero-order valence-electron chi connectivity index (χ0n) is 20.6. The minimum absolute atomic E-state index is 0.0707. The lowest BCUT2D eigenvalue weighted by Gasteiger charge is -2.24. The average molecular weight is 520 g/mol. The van der Waals surface area contributed by atoms with Crippen molar-refractivity contribution in [2.24, 2.45) is 11.7 Å². The number of aliphatic hydroxyl groups is 1. The van der Waals surface area contributed by atoms with Crippen LogP contribution in [0, 0.1) is 5.92 Å². The predicted molar refractivity (Wildman–Crippen MR) is 132 cm³/mol. The Bertz CT molecular complexity index is 1130. The van der Waals surface area contributed by atoms with Crippen molar-refractivity contribution in [2.45, 2.75) is 57.3 Å². The molecule has 0 aliphatic rings. The molecule has 0 saturated carbocycles. The molecule has 4 unspecified atom stereocenters. The number of fused-ring (bicyclic) bond motifs is 1. The van der Waals surface area contributed by atoms with E-state index in [-0.39, 0.29) is 12.3 Å². The molecule has 202 valence electrons.